The van der Waals surface area contributed by atoms with Crippen molar-refractivity contribution in [1.29, 1.82) is 0 Å². The third-order valence-electron chi connectivity index (χ3n) is 3.44. The van der Waals surface area contributed by atoms with Crippen molar-refractivity contribution in [2.24, 2.45) is 0 Å². The molecule has 2 aromatic rings. The topological polar surface area (TPSA) is 59.6 Å². The number of benzene rings is 2. The van der Waals surface area contributed by atoms with Crippen molar-refractivity contribution in [2.45, 2.75) is 13.5 Å². The lowest BCUT2D eigenvalue weighted by atomic mass is 10.2. The molecule has 5 heteroatoms. The first-order valence-corrected chi connectivity index (χ1v) is 7.95. The second-order valence-corrected chi connectivity index (χ2v) is 5.52. The molecule has 0 aromatic heterocycles. The number of rotatable bonds is 9. The molecule has 0 heterocycles. The molecule has 0 saturated heterocycles. The van der Waals surface area contributed by atoms with Crippen LogP contribution >= 0.6 is 0 Å². The van der Waals surface area contributed by atoms with Crippen molar-refractivity contribution in [3.8, 4) is 5.75 Å². The number of hydrogen-bond acceptors (Lipinski definition) is 4. The Hall–Kier alpha value is -2.37. The Kier molecular flexibility index (Phi) is 7.26. The molecule has 2 rings (SSSR count). The van der Waals surface area contributed by atoms with Gasteiger partial charge in [-0.05, 0) is 36.8 Å². The highest BCUT2D eigenvalue weighted by molar-refractivity contribution is 5.91. The predicted molar refractivity (Wildman–Crippen MR) is 95.3 cm³/mol. The molecule has 24 heavy (non-hydrogen) atoms. The van der Waals surface area contributed by atoms with E-state index in [1.165, 1.54) is 0 Å². The highest BCUT2D eigenvalue weighted by Gasteiger charge is 2.04. The van der Waals surface area contributed by atoms with E-state index in [0.717, 1.165) is 29.9 Å². The average molecular weight is 328 g/mol. The minimum atomic E-state index is -0.177. The molecule has 2 N–H and O–H groups in total. The number of carbonyl (C=O) groups excluding carboxylic acids is 1. The smallest absolute Gasteiger partial charge is 0.262 e. The first kappa shape index (κ1) is 18.0. The van der Waals surface area contributed by atoms with Gasteiger partial charge in [-0.1, -0.05) is 29.8 Å². The van der Waals surface area contributed by atoms with Gasteiger partial charge in [0, 0.05) is 25.9 Å². The van der Waals surface area contributed by atoms with Gasteiger partial charge >= 0.3 is 0 Å². The van der Waals surface area contributed by atoms with Crippen molar-refractivity contribution in [1.82, 2.24) is 5.32 Å². The van der Waals surface area contributed by atoms with Gasteiger partial charge in [0.2, 0.25) is 0 Å². The summed E-state index contributed by atoms with van der Waals surface area (Å²) in [5, 5.41) is 6.08. The van der Waals surface area contributed by atoms with E-state index in [-0.39, 0.29) is 12.5 Å². The number of amides is 1. The van der Waals surface area contributed by atoms with E-state index >= 15 is 0 Å². The number of nitrogens with one attached hydrogen (secondary N) is 2. The fraction of sp³-hybridized carbons (Fsp3) is 0.316. The highest BCUT2D eigenvalue weighted by atomic mass is 16.5. The normalized spacial score (nSPS) is 10.4. The van der Waals surface area contributed by atoms with E-state index in [1.54, 1.807) is 7.11 Å². The first-order chi connectivity index (χ1) is 11.7. The summed E-state index contributed by atoms with van der Waals surface area (Å²) in [6, 6.07) is 15.3. The number of hydrogen-bond donors (Lipinski definition) is 2. The van der Waals surface area contributed by atoms with Crippen LogP contribution in [0.3, 0.4) is 0 Å². The fourth-order valence-electron chi connectivity index (χ4n) is 2.09. The zero-order chi connectivity index (χ0) is 17.2. The Balaban J connectivity index is 1.73. The lowest BCUT2D eigenvalue weighted by molar-refractivity contribution is -0.118. The Morgan fingerprint density at radius 2 is 1.75 bits per heavy atom. The first-order valence-electron chi connectivity index (χ1n) is 7.95. The second-order valence-electron chi connectivity index (χ2n) is 5.52. The summed E-state index contributed by atoms with van der Waals surface area (Å²) in [5.74, 6) is 0.499. The molecule has 128 valence electrons. The van der Waals surface area contributed by atoms with Crippen molar-refractivity contribution in [3.05, 3.63) is 59.7 Å². The SMILES string of the molecule is COCCNCc1ccc(OCC(=O)Nc2ccc(C)cc2)cc1. The third kappa shape index (κ3) is 6.40. The van der Waals surface area contributed by atoms with Crippen LogP contribution in [0.1, 0.15) is 11.1 Å². The molecule has 0 spiro atoms. The van der Waals surface area contributed by atoms with Crippen LogP contribution in [-0.2, 0) is 16.1 Å². The Bertz CT molecular complexity index is 624. The molecule has 0 saturated carbocycles. The molecule has 0 bridgehead atoms. The maximum atomic E-state index is 11.9. The summed E-state index contributed by atoms with van der Waals surface area (Å²) in [5.41, 5.74) is 3.08. The lowest BCUT2D eigenvalue weighted by Gasteiger charge is -2.09. The van der Waals surface area contributed by atoms with E-state index in [2.05, 4.69) is 10.6 Å². The van der Waals surface area contributed by atoms with Crippen LogP contribution in [0.15, 0.2) is 48.5 Å². The molecule has 0 unspecified atom stereocenters. The largest absolute Gasteiger partial charge is 0.484 e. The molecule has 0 radical (unpaired) electrons. The number of aryl methyl sites for hydroxylation is 1. The van der Waals surface area contributed by atoms with Gasteiger partial charge in [-0.15, -0.1) is 0 Å². The summed E-state index contributed by atoms with van der Waals surface area (Å²) in [4.78, 5) is 11.9. The van der Waals surface area contributed by atoms with Crippen molar-refractivity contribution in [2.75, 3.05) is 32.2 Å². The van der Waals surface area contributed by atoms with Crippen molar-refractivity contribution in [3.63, 3.8) is 0 Å². The van der Waals surface area contributed by atoms with E-state index in [9.17, 15) is 4.79 Å². The van der Waals surface area contributed by atoms with Gasteiger partial charge in [0.05, 0.1) is 6.61 Å². The summed E-state index contributed by atoms with van der Waals surface area (Å²) in [6.45, 7) is 4.27. The summed E-state index contributed by atoms with van der Waals surface area (Å²) in [7, 11) is 1.68. The lowest BCUT2D eigenvalue weighted by Crippen LogP contribution is -2.20. The second kappa shape index (κ2) is 9.70. The Labute approximate surface area is 143 Å². The zero-order valence-corrected chi connectivity index (χ0v) is 14.2. The molecule has 1 amide bonds. The molecule has 0 atom stereocenters. The van der Waals surface area contributed by atoms with Crippen LogP contribution in [0.5, 0.6) is 5.75 Å². The van der Waals surface area contributed by atoms with E-state index in [0.29, 0.717) is 12.4 Å². The fourth-order valence-corrected chi connectivity index (χ4v) is 2.09. The van der Waals surface area contributed by atoms with Gasteiger partial charge < -0.3 is 20.1 Å². The molecule has 0 aliphatic rings. The monoisotopic (exact) mass is 328 g/mol. The van der Waals surface area contributed by atoms with E-state index in [4.69, 9.17) is 9.47 Å². The molecular formula is C19H24N2O3. The number of methoxy groups -OCH3 is 1. The minimum absolute atomic E-state index is 0.0146. The quantitative estimate of drug-likeness (QED) is 0.695. The molecule has 5 nitrogen and oxygen atoms in total. The number of ether oxygens (including phenoxy) is 2. The molecule has 2 aromatic carbocycles. The molecule has 0 fully saturated rings. The summed E-state index contributed by atoms with van der Waals surface area (Å²) < 4.78 is 10.5. The van der Waals surface area contributed by atoms with Gasteiger partial charge in [0.25, 0.3) is 5.91 Å². The van der Waals surface area contributed by atoms with Crippen LogP contribution in [-0.4, -0.2) is 32.8 Å². The molecular weight excluding hydrogens is 304 g/mol. The Morgan fingerprint density at radius 1 is 1.04 bits per heavy atom. The van der Waals surface area contributed by atoms with Gasteiger partial charge in [-0.2, -0.15) is 0 Å². The van der Waals surface area contributed by atoms with Gasteiger partial charge in [0.15, 0.2) is 6.61 Å². The molecule has 0 aliphatic heterocycles. The summed E-state index contributed by atoms with van der Waals surface area (Å²) >= 11 is 0. The number of carbonyl (C=O) groups is 1. The van der Waals surface area contributed by atoms with Crippen LogP contribution in [0, 0.1) is 6.92 Å². The van der Waals surface area contributed by atoms with Gasteiger partial charge in [-0.25, -0.2) is 0 Å². The number of anilines is 1. The zero-order valence-electron chi connectivity index (χ0n) is 14.2. The van der Waals surface area contributed by atoms with Crippen LogP contribution in [0.4, 0.5) is 5.69 Å². The highest BCUT2D eigenvalue weighted by Crippen LogP contribution is 2.13. The van der Waals surface area contributed by atoms with E-state index in [1.807, 2.05) is 55.5 Å². The van der Waals surface area contributed by atoms with Crippen LogP contribution < -0.4 is 15.4 Å². The van der Waals surface area contributed by atoms with Crippen molar-refractivity contribution < 1.29 is 14.3 Å². The van der Waals surface area contributed by atoms with Gasteiger partial charge in [-0.3, -0.25) is 4.79 Å². The molecule has 0 aliphatic carbocycles. The van der Waals surface area contributed by atoms with Crippen LogP contribution in [0.25, 0.3) is 0 Å². The van der Waals surface area contributed by atoms with Crippen LogP contribution in [0.2, 0.25) is 0 Å². The van der Waals surface area contributed by atoms with Gasteiger partial charge in [0.1, 0.15) is 5.75 Å². The van der Waals surface area contributed by atoms with Crippen molar-refractivity contribution >= 4 is 11.6 Å². The maximum absolute atomic E-state index is 11.9. The standard InChI is InChI=1S/C19H24N2O3/c1-15-3-7-17(8-4-15)21-19(22)14-24-18-9-5-16(6-10-18)13-20-11-12-23-2/h3-10,20H,11-14H2,1-2H3,(H,21,22). The van der Waals surface area contributed by atoms with E-state index < -0.39 is 0 Å². The third-order valence-corrected chi connectivity index (χ3v) is 3.44. The maximum Gasteiger partial charge on any atom is 0.262 e. The summed E-state index contributed by atoms with van der Waals surface area (Å²) in [6.07, 6.45) is 0. The predicted octanol–water partition coefficient (Wildman–Crippen LogP) is 2.75. The average Bonchev–Trinajstić information content (AvgIpc) is 2.60. The minimum Gasteiger partial charge on any atom is -0.484 e. The Morgan fingerprint density at radius 3 is 2.42 bits per heavy atom.